The molecule has 2 N–H and O–H groups in total. The fourth-order valence-electron chi connectivity index (χ4n) is 1.93. The van der Waals surface area contributed by atoms with Crippen molar-refractivity contribution in [1.29, 1.82) is 0 Å². The third kappa shape index (κ3) is 4.64. The summed E-state index contributed by atoms with van der Waals surface area (Å²) in [6.07, 6.45) is -4.53. The number of ether oxygens (including phenoxy) is 1. The number of amides is 2. The molecule has 0 fully saturated rings. The average molecular weight is 324 g/mol. The Hall–Kier alpha value is -2.70. The lowest BCUT2D eigenvalue weighted by molar-refractivity contribution is -0.136. The minimum atomic E-state index is -4.53. The molecule has 0 bridgehead atoms. The highest BCUT2D eigenvalue weighted by molar-refractivity contribution is 5.90. The van der Waals surface area contributed by atoms with Gasteiger partial charge in [-0.3, -0.25) is 0 Å². The quantitative estimate of drug-likeness (QED) is 0.892. The number of carbonyl (C=O) groups excluding carboxylic acids is 1. The maximum absolute atomic E-state index is 12.8. The predicted molar refractivity (Wildman–Crippen MR) is 80.3 cm³/mol. The van der Waals surface area contributed by atoms with Gasteiger partial charge in [-0.15, -0.1) is 0 Å². The summed E-state index contributed by atoms with van der Waals surface area (Å²) in [5, 5.41) is 4.72. The van der Waals surface area contributed by atoms with E-state index in [-0.39, 0.29) is 12.2 Å². The third-order valence-electron chi connectivity index (χ3n) is 3.09. The van der Waals surface area contributed by atoms with Gasteiger partial charge >= 0.3 is 12.2 Å². The molecule has 7 heteroatoms. The molecule has 2 aromatic carbocycles. The molecule has 0 aliphatic heterocycles. The van der Waals surface area contributed by atoms with Gasteiger partial charge in [0.2, 0.25) is 0 Å². The van der Waals surface area contributed by atoms with Gasteiger partial charge in [0, 0.05) is 6.54 Å². The van der Waals surface area contributed by atoms with Crippen molar-refractivity contribution in [2.75, 3.05) is 12.4 Å². The maximum atomic E-state index is 12.8. The molecule has 0 radical (unpaired) electrons. The van der Waals surface area contributed by atoms with Crippen molar-refractivity contribution in [3.05, 3.63) is 59.7 Å². The van der Waals surface area contributed by atoms with E-state index in [1.807, 2.05) is 0 Å². The number of benzene rings is 2. The summed E-state index contributed by atoms with van der Waals surface area (Å²) >= 11 is 0. The van der Waals surface area contributed by atoms with Crippen molar-refractivity contribution in [3.8, 4) is 5.75 Å². The highest BCUT2D eigenvalue weighted by atomic mass is 19.4. The van der Waals surface area contributed by atoms with E-state index in [4.69, 9.17) is 4.74 Å². The summed E-state index contributed by atoms with van der Waals surface area (Å²) in [7, 11) is 1.54. The second-order valence-electron chi connectivity index (χ2n) is 4.70. The van der Waals surface area contributed by atoms with Gasteiger partial charge in [-0.2, -0.15) is 13.2 Å². The number of anilines is 1. The van der Waals surface area contributed by atoms with Crippen LogP contribution in [0.1, 0.15) is 11.1 Å². The predicted octanol–water partition coefficient (Wildman–Crippen LogP) is 4.04. The van der Waals surface area contributed by atoms with Crippen molar-refractivity contribution >= 4 is 11.7 Å². The molecule has 0 saturated heterocycles. The first-order valence-electron chi connectivity index (χ1n) is 6.74. The van der Waals surface area contributed by atoms with Crippen LogP contribution in [-0.4, -0.2) is 13.1 Å². The van der Waals surface area contributed by atoms with Gasteiger partial charge in [0.15, 0.2) is 0 Å². The molecule has 2 rings (SSSR count). The van der Waals surface area contributed by atoms with E-state index in [1.54, 1.807) is 31.4 Å². The van der Waals surface area contributed by atoms with E-state index in [0.717, 1.165) is 11.6 Å². The van der Waals surface area contributed by atoms with Gasteiger partial charge < -0.3 is 15.4 Å². The number of alkyl halides is 3. The Balaban J connectivity index is 1.97. The average Bonchev–Trinajstić information content (AvgIpc) is 2.53. The molecule has 0 aliphatic rings. The molecule has 2 aromatic rings. The van der Waals surface area contributed by atoms with Gasteiger partial charge in [-0.05, 0) is 29.8 Å². The van der Waals surface area contributed by atoms with Crippen molar-refractivity contribution in [2.45, 2.75) is 12.7 Å². The summed E-state index contributed by atoms with van der Waals surface area (Å²) in [6.45, 7) is 0.185. The van der Waals surface area contributed by atoms with Crippen molar-refractivity contribution in [2.24, 2.45) is 0 Å². The lowest BCUT2D eigenvalue weighted by atomic mass is 10.1. The molecule has 0 saturated carbocycles. The first-order valence-corrected chi connectivity index (χ1v) is 6.74. The lowest BCUT2D eigenvalue weighted by Crippen LogP contribution is -2.29. The Morgan fingerprint density at radius 2 is 1.74 bits per heavy atom. The first kappa shape index (κ1) is 16.7. The zero-order chi connectivity index (χ0) is 16.9. The van der Waals surface area contributed by atoms with Crippen molar-refractivity contribution < 1.29 is 22.7 Å². The number of methoxy groups -OCH3 is 1. The molecule has 0 unspecified atom stereocenters. The van der Waals surface area contributed by atoms with Gasteiger partial charge in [0.25, 0.3) is 0 Å². The number of carbonyl (C=O) groups is 1. The van der Waals surface area contributed by atoms with Gasteiger partial charge in [-0.25, -0.2) is 4.79 Å². The largest absolute Gasteiger partial charge is 0.497 e. The number of rotatable bonds is 4. The number of hydrogen-bond acceptors (Lipinski definition) is 2. The fourth-order valence-corrected chi connectivity index (χ4v) is 1.93. The molecule has 0 aliphatic carbocycles. The zero-order valence-electron chi connectivity index (χ0n) is 12.3. The third-order valence-corrected chi connectivity index (χ3v) is 3.09. The number of para-hydroxylation sites is 1. The lowest BCUT2D eigenvalue weighted by Gasteiger charge is -2.14. The van der Waals surface area contributed by atoms with Crippen LogP contribution in [0.3, 0.4) is 0 Å². The fraction of sp³-hybridized carbons (Fsp3) is 0.188. The van der Waals surface area contributed by atoms with Crippen LogP contribution in [-0.2, 0) is 12.7 Å². The standard InChI is InChI=1S/C16H15F3N2O2/c1-23-12-8-6-11(7-9-12)10-20-15(22)21-14-5-3-2-4-13(14)16(17,18)19/h2-9H,10H2,1H3,(H2,20,21,22). The number of halogens is 3. The van der Waals surface area contributed by atoms with Crippen LogP contribution in [0.15, 0.2) is 48.5 Å². The Bertz CT molecular complexity index is 670. The highest BCUT2D eigenvalue weighted by Crippen LogP contribution is 2.34. The summed E-state index contributed by atoms with van der Waals surface area (Å²) < 4.78 is 43.5. The first-order chi connectivity index (χ1) is 10.9. The van der Waals surface area contributed by atoms with Crippen LogP contribution in [0.25, 0.3) is 0 Å². The SMILES string of the molecule is COc1ccc(CNC(=O)Nc2ccccc2C(F)(F)F)cc1. The molecule has 23 heavy (non-hydrogen) atoms. The van der Waals surface area contributed by atoms with Gasteiger partial charge in [-0.1, -0.05) is 24.3 Å². The Kier molecular flexibility index (Phi) is 5.10. The normalized spacial score (nSPS) is 11.0. The molecule has 4 nitrogen and oxygen atoms in total. The summed E-state index contributed by atoms with van der Waals surface area (Å²) in [5.41, 5.74) is -0.378. The second kappa shape index (κ2) is 7.04. The van der Waals surface area contributed by atoms with Gasteiger partial charge in [0.1, 0.15) is 5.75 Å². The molecule has 0 atom stereocenters. The van der Waals surface area contributed by atoms with Crippen molar-refractivity contribution in [1.82, 2.24) is 5.32 Å². The van der Waals surface area contributed by atoms with Crippen molar-refractivity contribution in [3.63, 3.8) is 0 Å². The van der Waals surface area contributed by atoms with Crippen LogP contribution >= 0.6 is 0 Å². The number of hydrogen-bond donors (Lipinski definition) is 2. The molecule has 0 heterocycles. The Morgan fingerprint density at radius 1 is 1.09 bits per heavy atom. The molecular formula is C16H15F3N2O2. The smallest absolute Gasteiger partial charge is 0.418 e. The topological polar surface area (TPSA) is 50.4 Å². The van der Waals surface area contributed by atoms with Crippen LogP contribution in [0.2, 0.25) is 0 Å². The minimum absolute atomic E-state index is 0.185. The maximum Gasteiger partial charge on any atom is 0.418 e. The Labute approximate surface area is 131 Å². The number of urea groups is 1. The van der Waals surface area contributed by atoms with E-state index >= 15 is 0 Å². The molecular weight excluding hydrogens is 309 g/mol. The molecule has 0 aromatic heterocycles. The number of nitrogens with one attached hydrogen (secondary N) is 2. The monoisotopic (exact) mass is 324 g/mol. The van der Waals surface area contributed by atoms with Crippen LogP contribution < -0.4 is 15.4 Å². The summed E-state index contributed by atoms with van der Waals surface area (Å²) in [6, 6.07) is 11.1. The van der Waals surface area contributed by atoms with E-state index in [9.17, 15) is 18.0 Å². The van der Waals surface area contributed by atoms with E-state index in [0.29, 0.717) is 5.75 Å². The summed E-state index contributed by atoms with van der Waals surface area (Å²) in [5.74, 6) is 0.678. The Morgan fingerprint density at radius 3 is 2.35 bits per heavy atom. The van der Waals surface area contributed by atoms with Crippen LogP contribution in [0, 0.1) is 0 Å². The molecule has 0 spiro atoms. The van der Waals surface area contributed by atoms with Crippen LogP contribution in [0.4, 0.5) is 23.7 Å². The highest BCUT2D eigenvalue weighted by Gasteiger charge is 2.33. The second-order valence-corrected chi connectivity index (χ2v) is 4.70. The van der Waals surface area contributed by atoms with E-state index in [1.165, 1.54) is 18.2 Å². The van der Waals surface area contributed by atoms with E-state index in [2.05, 4.69) is 10.6 Å². The van der Waals surface area contributed by atoms with Gasteiger partial charge in [0.05, 0.1) is 18.4 Å². The molecule has 2 amide bonds. The molecule has 122 valence electrons. The minimum Gasteiger partial charge on any atom is -0.497 e. The zero-order valence-corrected chi connectivity index (χ0v) is 12.3. The van der Waals surface area contributed by atoms with E-state index < -0.39 is 17.8 Å². The summed E-state index contributed by atoms with van der Waals surface area (Å²) in [4.78, 5) is 11.8. The van der Waals surface area contributed by atoms with Crippen LogP contribution in [0.5, 0.6) is 5.75 Å².